The van der Waals surface area contributed by atoms with Crippen LogP contribution in [0.25, 0.3) is 11.2 Å². The largest absolute Gasteiger partial charge is 0.436 e. The fraction of sp³-hybridized carbons (Fsp3) is 0.500. The lowest BCUT2D eigenvalue weighted by Crippen LogP contribution is -2.53. The molecule has 0 aromatic carbocycles. The molecule has 1 aliphatic rings. The molecule has 28 heavy (non-hydrogen) atoms. The van der Waals surface area contributed by atoms with Crippen molar-refractivity contribution in [1.29, 1.82) is 0 Å². The molecule has 3 rings (SSSR count). The zero-order valence-electron chi connectivity index (χ0n) is 14.9. The van der Waals surface area contributed by atoms with Gasteiger partial charge >= 0.3 is 6.09 Å². The Morgan fingerprint density at radius 1 is 1.57 bits per heavy atom. The summed E-state index contributed by atoms with van der Waals surface area (Å²) in [6.45, 7) is 0.825. The van der Waals surface area contributed by atoms with Crippen LogP contribution in [0.1, 0.15) is 19.6 Å². The third-order valence-electron chi connectivity index (χ3n) is 4.31. The maximum absolute atomic E-state index is 15.3. The van der Waals surface area contributed by atoms with E-state index in [0.29, 0.717) is 6.42 Å². The number of ether oxygens (including phenoxy) is 2. The minimum absolute atomic E-state index is 0.0476. The number of rotatable bonds is 5. The zero-order valence-corrected chi connectivity index (χ0v) is 14.9. The van der Waals surface area contributed by atoms with Gasteiger partial charge in [-0.3, -0.25) is 4.57 Å². The number of carbonyl (C=O) groups is 1. The summed E-state index contributed by atoms with van der Waals surface area (Å²) in [4.78, 5) is 23.7. The average Bonchev–Trinajstić information content (AvgIpc) is 3.21. The summed E-state index contributed by atoms with van der Waals surface area (Å²) in [6, 6.07) is 0. The second-order valence-electron chi connectivity index (χ2n) is 6.18. The van der Waals surface area contributed by atoms with E-state index < -0.39 is 36.5 Å². The number of alkyl halides is 1. The van der Waals surface area contributed by atoms with Crippen molar-refractivity contribution in [2.75, 3.05) is 18.9 Å². The van der Waals surface area contributed by atoms with Crippen LogP contribution in [0, 0.1) is 12.3 Å². The number of nitrogen functional groups attached to an aromatic ring is 1. The number of aromatic nitrogens is 4. The third kappa shape index (κ3) is 2.99. The SMILES string of the molecule is C#CC1(O)C(n2cnc3c(N)ncnc32)OC(F)(CO)C1OC(=O)NCCC. The molecule has 2 aromatic rings. The minimum atomic E-state index is -2.98. The van der Waals surface area contributed by atoms with E-state index in [4.69, 9.17) is 21.6 Å². The van der Waals surface area contributed by atoms with Crippen molar-refractivity contribution in [2.45, 2.75) is 37.1 Å². The Kier molecular flexibility index (Phi) is 5.07. The number of halogens is 1. The fourth-order valence-corrected chi connectivity index (χ4v) is 2.93. The summed E-state index contributed by atoms with van der Waals surface area (Å²) in [5.74, 6) is -0.924. The van der Waals surface area contributed by atoms with Gasteiger partial charge in [0.25, 0.3) is 5.85 Å². The number of aliphatic hydroxyl groups is 2. The maximum Gasteiger partial charge on any atom is 0.407 e. The number of anilines is 1. The highest BCUT2D eigenvalue weighted by atomic mass is 19.2. The van der Waals surface area contributed by atoms with Crippen molar-refractivity contribution in [1.82, 2.24) is 24.8 Å². The lowest BCUT2D eigenvalue weighted by molar-refractivity contribution is -0.206. The molecule has 3 heterocycles. The van der Waals surface area contributed by atoms with Crippen LogP contribution in [0.2, 0.25) is 0 Å². The quantitative estimate of drug-likeness (QED) is 0.489. The number of hydrogen-bond acceptors (Lipinski definition) is 9. The first-order valence-corrected chi connectivity index (χ1v) is 8.36. The van der Waals surface area contributed by atoms with Crippen molar-refractivity contribution >= 4 is 23.1 Å². The van der Waals surface area contributed by atoms with Gasteiger partial charge in [-0.2, -0.15) is 0 Å². The van der Waals surface area contributed by atoms with E-state index in [1.54, 1.807) is 6.92 Å². The Morgan fingerprint density at radius 2 is 2.32 bits per heavy atom. The molecule has 1 fully saturated rings. The molecule has 0 spiro atoms. The van der Waals surface area contributed by atoms with Crippen LogP contribution in [-0.4, -0.2) is 66.5 Å². The first-order valence-electron chi connectivity index (χ1n) is 8.36. The van der Waals surface area contributed by atoms with Crippen LogP contribution in [0.4, 0.5) is 15.0 Å². The fourth-order valence-electron chi connectivity index (χ4n) is 2.93. The molecule has 0 bridgehead atoms. The number of carbonyl (C=O) groups excluding carboxylic acids is 1. The zero-order chi connectivity index (χ0) is 20.5. The molecule has 4 atom stereocenters. The van der Waals surface area contributed by atoms with Gasteiger partial charge in [0.05, 0.1) is 6.33 Å². The van der Waals surface area contributed by atoms with Crippen molar-refractivity contribution in [3.8, 4) is 12.3 Å². The van der Waals surface area contributed by atoms with Crippen LogP contribution in [0.15, 0.2) is 12.7 Å². The number of amides is 1. The van der Waals surface area contributed by atoms with E-state index in [9.17, 15) is 15.0 Å². The molecule has 0 aliphatic carbocycles. The van der Waals surface area contributed by atoms with Crippen LogP contribution >= 0.6 is 0 Å². The minimum Gasteiger partial charge on any atom is -0.436 e. The van der Waals surface area contributed by atoms with Gasteiger partial charge in [-0.25, -0.2) is 24.1 Å². The van der Waals surface area contributed by atoms with Gasteiger partial charge in [-0.15, -0.1) is 6.42 Å². The lowest BCUT2D eigenvalue weighted by Gasteiger charge is -2.29. The van der Waals surface area contributed by atoms with E-state index in [1.807, 2.05) is 5.92 Å². The highest BCUT2D eigenvalue weighted by Gasteiger charge is 2.67. The van der Waals surface area contributed by atoms with Gasteiger partial charge in [-0.1, -0.05) is 12.8 Å². The smallest absolute Gasteiger partial charge is 0.407 e. The van der Waals surface area contributed by atoms with Crippen molar-refractivity contribution < 1.29 is 28.9 Å². The van der Waals surface area contributed by atoms with Gasteiger partial charge in [0.2, 0.25) is 11.7 Å². The summed E-state index contributed by atoms with van der Waals surface area (Å²) in [7, 11) is 0. The number of imidazole rings is 1. The van der Waals surface area contributed by atoms with E-state index in [1.165, 1.54) is 6.33 Å². The van der Waals surface area contributed by atoms with Gasteiger partial charge in [0.15, 0.2) is 17.7 Å². The molecule has 4 unspecified atom stereocenters. The molecule has 0 radical (unpaired) electrons. The van der Waals surface area contributed by atoms with E-state index in [2.05, 4.69) is 20.3 Å². The Labute approximate surface area is 158 Å². The van der Waals surface area contributed by atoms with Crippen LogP contribution in [-0.2, 0) is 9.47 Å². The predicted octanol–water partition coefficient (Wildman–Crippen LogP) is -0.536. The molecule has 12 heteroatoms. The number of nitrogens with two attached hydrogens (primary N) is 1. The molecule has 11 nitrogen and oxygen atoms in total. The number of nitrogens with zero attached hydrogens (tertiary/aromatic N) is 4. The molecular weight excluding hydrogens is 375 g/mol. The predicted molar refractivity (Wildman–Crippen MR) is 93.1 cm³/mol. The molecule has 2 aromatic heterocycles. The van der Waals surface area contributed by atoms with Crippen LogP contribution in [0.3, 0.4) is 0 Å². The van der Waals surface area contributed by atoms with E-state index in [0.717, 1.165) is 10.9 Å². The van der Waals surface area contributed by atoms with Gasteiger partial charge in [-0.05, 0) is 6.42 Å². The first kappa shape index (κ1) is 19.7. The summed E-state index contributed by atoms with van der Waals surface area (Å²) in [6.07, 6.45) is 3.67. The Morgan fingerprint density at radius 3 is 2.96 bits per heavy atom. The summed E-state index contributed by atoms with van der Waals surface area (Å²) < 4.78 is 26.6. The molecule has 5 N–H and O–H groups in total. The number of terminal acetylenes is 1. The van der Waals surface area contributed by atoms with Gasteiger partial charge in [0.1, 0.15) is 18.5 Å². The lowest BCUT2D eigenvalue weighted by atomic mass is 9.93. The third-order valence-corrected chi connectivity index (χ3v) is 4.31. The number of aliphatic hydroxyl groups excluding tert-OH is 1. The number of hydrogen-bond donors (Lipinski definition) is 4. The second kappa shape index (κ2) is 7.19. The topological polar surface area (TPSA) is 158 Å². The molecule has 1 aliphatic heterocycles. The van der Waals surface area contributed by atoms with Gasteiger partial charge < -0.3 is 30.7 Å². The normalized spacial score (nSPS) is 29.5. The van der Waals surface area contributed by atoms with E-state index >= 15 is 4.39 Å². The number of nitrogens with one attached hydrogen (secondary N) is 1. The van der Waals surface area contributed by atoms with E-state index in [-0.39, 0.29) is 23.5 Å². The average molecular weight is 394 g/mol. The standard InChI is InChI=1S/C16H19FN6O5/c1-3-5-19-14(25)27-12-15(26,4-2)13(28-16(12,17)6-24)23-8-22-9-10(18)20-7-21-11(9)23/h2,7-8,12-13,24,26H,3,5-6H2,1H3,(H,19,25)(H2,18,20,21). The highest BCUT2D eigenvalue weighted by Crippen LogP contribution is 2.47. The van der Waals surface area contributed by atoms with Crippen molar-refractivity contribution in [2.24, 2.45) is 0 Å². The molecule has 1 amide bonds. The highest BCUT2D eigenvalue weighted by molar-refractivity contribution is 5.81. The molecule has 1 saturated heterocycles. The monoisotopic (exact) mass is 394 g/mol. The summed E-state index contributed by atoms with van der Waals surface area (Å²) in [5.41, 5.74) is 3.50. The first-order chi connectivity index (χ1) is 13.3. The Hall–Kier alpha value is -3.01. The Bertz CT molecular complexity index is 932. The molecule has 0 saturated carbocycles. The number of fused-ring (bicyclic) bond motifs is 1. The summed E-state index contributed by atoms with van der Waals surface area (Å²) in [5, 5.41) is 22.9. The second-order valence-corrected chi connectivity index (χ2v) is 6.18. The Balaban J connectivity index is 2.04. The summed E-state index contributed by atoms with van der Waals surface area (Å²) >= 11 is 0. The van der Waals surface area contributed by atoms with Crippen molar-refractivity contribution in [3.05, 3.63) is 12.7 Å². The molecule has 150 valence electrons. The molecular formula is C16H19FN6O5. The van der Waals surface area contributed by atoms with Crippen molar-refractivity contribution in [3.63, 3.8) is 0 Å². The number of alkyl carbamates (subject to hydrolysis) is 1. The maximum atomic E-state index is 15.3. The van der Waals surface area contributed by atoms with Crippen LogP contribution in [0.5, 0.6) is 0 Å². The van der Waals surface area contributed by atoms with Gasteiger partial charge in [0, 0.05) is 6.54 Å². The van der Waals surface area contributed by atoms with Crippen LogP contribution < -0.4 is 11.1 Å².